The van der Waals surface area contributed by atoms with Crippen molar-refractivity contribution in [2.75, 3.05) is 39.6 Å². The summed E-state index contributed by atoms with van der Waals surface area (Å²) in [6, 6.07) is -3.03. The van der Waals surface area contributed by atoms with E-state index in [1.807, 2.05) is 0 Å². The first-order valence-electron chi connectivity index (χ1n) is 20.8. The summed E-state index contributed by atoms with van der Waals surface area (Å²) in [5.41, 5.74) is 8.74. The van der Waals surface area contributed by atoms with E-state index in [2.05, 4.69) is 20.7 Å². The summed E-state index contributed by atoms with van der Waals surface area (Å²) < 4.78 is 58.8. The summed E-state index contributed by atoms with van der Waals surface area (Å²) in [6.07, 6.45) is -36.8. The number of azide groups is 1. The van der Waals surface area contributed by atoms with E-state index in [4.69, 9.17) is 52.9 Å². The van der Waals surface area contributed by atoms with Crippen LogP contribution in [0.15, 0.2) is 5.11 Å². The number of nitrogens with one attached hydrogen (secondary N) is 2. The lowest BCUT2D eigenvalue weighted by Crippen LogP contribution is -2.70. The molecule has 0 aromatic carbocycles. The van der Waals surface area contributed by atoms with Crippen LogP contribution in [-0.4, -0.2) is 260 Å². The van der Waals surface area contributed by atoms with Crippen LogP contribution in [0.1, 0.15) is 27.2 Å². The fourth-order valence-electron chi connectivity index (χ4n) is 8.16. The van der Waals surface area contributed by atoms with Gasteiger partial charge in [0.1, 0.15) is 104 Å². The quantitative estimate of drug-likeness (QED) is 0.0263. The highest BCUT2D eigenvalue weighted by Gasteiger charge is 2.57. The molecule has 0 aromatic heterocycles. The van der Waals surface area contributed by atoms with Crippen molar-refractivity contribution in [1.82, 2.24) is 10.6 Å². The van der Waals surface area contributed by atoms with Gasteiger partial charge in [0.2, 0.25) is 11.8 Å². The maximum Gasteiger partial charge on any atom is 0.217 e. The largest absolute Gasteiger partial charge is 0.394 e. The molecule has 5 fully saturated rings. The Hall–Kier alpha value is -2.63. The maximum absolute atomic E-state index is 12.6. The number of aliphatic hydroxyl groups excluding tert-OH is 12. The minimum Gasteiger partial charge on any atom is -0.394 e. The summed E-state index contributed by atoms with van der Waals surface area (Å²) in [5, 5.41) is 136. The molecule has 5 saturated heterocycles. The zero-order valence-corrected chi connectivity index (χ0v) is 35.4. The van der Waals surface area contributed by atoms with Crippen molar-refractivity contribution in [3.05, 3.63) is 10.4 Å². The maximum atomic E-state index is 12.6. The lowest BCUT2D eigenvalue weighted by atomic mass is 9.94. The first-order chi connectivity index (χ1) is 30.9. The third kappa shape index (κ3) is 12.5. The van der Waals surface area contributed by atoms with Crippen molar-refractivity contribution < 1.29 is 118 Å². The Morgan fingerprint density at radius 1 is 0.585 bits per heavy atom. The van der Waals surface area contributed by atoms with E-state index in [0.29, 0.717) is 0 Å². The van der Waals surface area contributed by atoms with Crippen molar-refractivity contribution in [2.24, 2.45) is 5.11 Å². The number of amides is 2. The van der Waals surface area contributed by atoms with Crippen LogP contribution in [-0.2, 0) is 57.0 Å². The molecule has 29 heteroatoms. The number of carbonyl (C=O) groups is 2. The Morgan fingerprint density at radius 3 is 1.69 bits per heavy atom. The van der Waals surface area contributed by atoms with Gasteiger partial charge in [-0.25, -0.2) is 0 Å². The van der Waals surface area contributed by atoms with Crippen molar-refractivity contribution >= 4 is 11.8 Å². The van der Waals surface area contributed by atoms with Crippen LogP contribution in [0.2, 0.25) is 0 Å². The van der Waals surface area contributed by atoms with Gasteiger partial charge in [-0.3, -0.25) is 9.59 Å². The van der Waals surface area contributed by atoms with Crippen LogP contribution in [0, 0.1) is 0 Å². The molecule has 0 aliphatic carbocycles. The molecule has 0 radical (unpaired) electrons. The third-order valence-corrected chi connectivity index (χ3v) is 11.5. The Kier molecular flexibility index (Phi) is 19.8. The predicted molar refractivity (Wildman–Crippen MR) is 205 cm³/mol. The molecule has 374 valence electrons. The Morgan fingerprint density at radius 2 is 1.11 bits per heavy atom. The molecule has 0 spiro atoms. The Labute approximate surface area is 370 Å². The van der Waals surface area contributed by atoms with Crippen LogP contribution in [0.3, 0.4) is 0 Å². The first kappa shape index (κ1) is 53.3. The summed E-state index contributed by atoms with van der Waals surface area (Å²) in [4.78, 5) is 27.7. The highest BCUT2D eigenvalue weighted by Crippen LogP contribution is 2.36. The van der Waals surface area contributed by atoms with Crippen LogP contribution in [0.25, 0.3) is 10.4 Å². The second-order valence-electron chi connectivity index (χ2n) is 16.1. The van der Waals surface area contributed by atoms with E-state index in [9.17, 15) is 70.9 Å². The van der Waals surface area contributed by atoms with Crippen molar-refractivity contribution in [3.8, 4) is 0 Å². The van der Waals surface area contributed by atoms with E-state index in [1.165, 1.54) is 6.92 Å². The zero-order chi connectivity index (χ0) is 47.9. The molecule has 10 unspecified atom stereocenters. The van der Waals surface area contributed by atoms with E-state index in [-0.39, 0.29) is 19.6 Å². The lowest BCUT2D eigenvalue weighted by molar-refractivity contribution is -0.383. The SMILES string of the molecule is CC(=O)NC1[C@H](O[C@@H]2C(O)[C@H](O[C@@H]3C(CO)O[C@@H](OCCN=[N+]=[N-])C(NC(C)=O)[C@H]3OC3CC(O)[C@H](O)[C@H](C)O3)OC(CO)[C@@H]2O)OC(CO)[C@@H](O[C@@H]2OC(CO)[C@H](O)[C@H](O)C2O)[C@@H]1O. The molecule has 0 bridgehead atoms. The minimum absolute atomic E-state index is 0.185. The zero-order valence-electron chi connectivity index (χ0n) is 35.4. The van der Waals surface area contributed by atoms with Crippen LogP contribution >= 0.6 is 0 Å². The average molecular weight is 948 g/mol. The molecule has 0 aromatic rings. The lowest BCUT2D eigenvalue weighted by Gasteiger charge is -2.51. The molecule has 29 nitrogen and oxygen atoms in total. The summed E-state index contributed by atoms with van der Waals surface area (Å²) in [7, 11) is 0. The minimum atomic E-state index is -2.11. The Balaban J connectivity index is 1.44. The first-order valence-corrected chi connectivity index (χ1v) is 20.8. The highest BCUT2D eigenvalue weighted by molar-refractivity contribution is 5.73. The van der Waals surface area contributed by atoms with Gasteiger partial charge in [-0.1, -0.05) is 5.11 Å². The van der Waals surface area contributed by atoms with E-state index >= 15 is 0 Å². The summed E-state index contributed by atoms with van der Waals surface area (Å²) in [5.74, 6) is -1.44. The molecule has 2 amide bonds. The fraction of sp³-hybridized carbons (Fsp3) is 0.944. The van der Waals surface area contributed by atoms with Gasteiger partial charge in [0.05, 0.1) is 45.2 Å². The number of nitrogens with zero attached hydrogens (tertiary/aromatic N) is 3. The molecule has 5 aliphatic rings. The van der Waals surface area contributed by atoms with Crippen LogP contribution in [0.5, 0.6) is 0 Å². The van der Waals surface area contributed by atoms with E-state index in [1.54, 1.807) is 0 Å². The molecule has 14 N–H and O–H groups in total. The highest BCUT2D eigenvalue weighted by atomic mass is 16.8. The number of hydrogen-bond acceptors (Lipinski definition) is 25. The van der Waals surface area contributed by atoms with Crippen molar-refractivity contribution in [1.29, 1.82) is 0 Å². The smallest absolute Gasteiger partial charge is 0.217 e. The standard InChI is InChI=1S/C36H61N5O24/c1-11-22(49)14(48)6-19(57-11)62-31-21(40-13(3)47)33(56-5-4-38-41-37)60-18(10-45)30(31)64-36-28(55)32(24(51)16(8-43)59-36)65-34-20(39-12(2)46)25(52)29(17(9-44)61-34)63-35-27(54)26(53)23(50)15(7-42)58-35/h11,14-36,42-45,48-55H,4-10H2,1-3H3,(H,39,46)(H,40,47)/t11-,14?,15?,16?,17?,18?,19?,20?,21?,22+,23-,24-,25+,26-,27?,28?,29+,30+,31+,32-,33+,34-,35-,36-/m0/s1. The number of carbonyl (C=O) groups excluding carboxylic acids is 2. The molecule has 5 rings (SSSR count). The summed E-state index contributed by atoms with van der Waals surface area (Å²) in [6.45, 7) is -0.360. The molecular weight excluding hydrogens is 886 g/mol. The van der Waals surface area contributed by atoms with Gasteiger partial charge in [0.15, 0.2) is 31.5 Å². The van der Waals surface area contributed by atoms with Gasteiger partial charge in [0.25, 0.3) is 0 Å². The van der Waals surface area contributed by atoms with Gasteiger partial charge in [-0.15, -0.1) is 0 Å². The van der Waals surface area contributed by atoms with Crippen LogP contribution in [0.4, 0.5) is 0 Å². The molecule has 5 aliphatic heterocycles. The predicted octanol–water partition coefficient (Wildman–Crippen LogP) is -8.25. The number of rotatable bonds is 18. The van der Waals surface area contributed by atoms with Gasteiger partial charge < -0.3 is 119 Å². The van der Waals surface area contributed by atoms with Crippen molar-refractivity contribution in [3.63, 3.8) is 0 Å². The monoisotopic (exact) mass is 947 g/mol. The number of aliphatic hydroxyl groups is 12. The summed E-state index contributed by atoms with van der Waals surface area (Å²) >= 11 is 0. The van der Waals surface area contributed by atoms with Gasteiger partial charge in [-0.2, -0.15) is 0 Å². The molecule has 65 heavy (non-hydrogen) atoms. The molecule has 5 heterocycles. The second-order valence-corrected chi connectivity index (χ2v) is 16.1. The number of ether oxygens (including phenoxy) is 10. The van der Waals surface area contributed by atoms with Gasteiger partial charge >= 0.3 is 0 Å². The second kappa shape index (κ2) is 24.1. The molecular formula is C36H61N5O24. The fourth-order valence-corrected chi connectivity index (χ4v) is 8.16. The van der Waals surface area contributed by atoms with Crippen LogP contribution < -0.4 is 10.6 Å². The Bertz CT molecular complexity index is 1560. The molecule has 24 atom stereocenters. The topological polar surface area (TPSA) is 442 Å². The van der Waals surface area contributed by atoms with Gasteiger partial charge in [0, 0.05) is 31.7 Å². The average Bonchev–Trinajstić information content (AvgIpc) is 3.26. The van der Waals surface area contributed by atoms with Gasteiger partial charge in [-0.05, 0) is 12.5 Å². The normalized spacial score (nSPS) is 45.9. The number of hydrogen-bond donors (Lipinski definition) is 14. The van der Waals surface area contributed by atoms with E-state index in [0.717, 1.165) is 13.8 Å². The van der Waals surface area contributed by atoms with Crippen molar-refractivity contribution in [2.45, 2.75) is 174 Å². The van der Waals surface area contributed by atoms with E-state index < -0.39 is 186 Å². The third-order valence-electron chi connectivity index (χ3n) is 11.5. The molecule has 0 saturated carbocycles.